The number of hydrogen-bond acceptors (Lipinski definition) is 4. The van der Waals surface area contributed by atoms with Crippen LogP contribution in [-0.4, -0.2) is 41.2 Å². The number of β-amino-alcohol motifs (C(OH)–C–C–N with tert-alkyl or cyclic N) is 1. The number of halogens is 2. The van der Waals surface area contributed by atoms with Gasteiger partial charge in [-0.2, -0.15) is 0 Å². The Morgan fingerprint density at radius 2 is 2.00 bits per heavy atom. The highest BCUT2D eigenvalue weighted by Crippen LogP contribution is 2.40. The molecule has 1 spiro atoms. The molecule has 2 aromatic rings. The van der Waals surface area contributed by atoms with E-state index in [0.29, 0.717) is 22.2 Å². The number of ether oxygens (including phenoxy) is 1. The number of aliphatic hydroxyl groups is 1. The SMILES string of the molecule is O=C1N[C@]2(CCCc3ccccc32)C(=O)N1C[C@@H](O)COc1ccc(Cl)cc1Cl. The zero-order valence-electron chi connectivity index (χ0n) is 15.5. The van der Waals surface area contributed by atoms with Gasteiger partial charge in [0.25, 0.3) is 5.91 Å². The number of nitrogens with zero attached hydrogens (tertiary/aromatic N) is 1. The second kappa shape index (κ2) is 7.86. The summed E-state index contributed by atoms with van der Waals surface area (Å²) in [5.74, 6) is 0.0308. The lowest BCUT2D eigenvalue weighted by molar-refractivity contribution is -0.133. The van der Waals surface area contributed by atoms with Crippen LogP contribution in [0.1, 0.15) is 24.0 Å². The quantitative estimate of drug-likeness (QED) is 0.705. The van der Waals surface area contributed by atoms with Crippen molar-refractivity contribution >= 4 is 35.1 Å². The van der Waals surface area contributed by atoms with E-state index in [-0.39, 0.29) is 19.1 Å². The number of hydrogen-bond donors (Lipinski definition) is 2. The molecule has 152 valence electrons. The Morgan fingerprint density at radius 1 is 1.21 bits per heavy atom. The molecule has 29 heavy (non-hydrogen) atoms. The van der Waals surface area contributed by atoms with Crippen LogP contribution in [0, 0.1) is 0 Å². The first kappa shape index (κ1) is 20.0. The Hall–Kier alpha value is -2.28. The van der Waals surface area contributed by atoms with E-state index in [9.17, 15) is 14.7 Å². The monoisotopic (exact) mass is 434 g/mol. The molecule has 8 heteroatoms. The summed E-state index contributed by atoms with van der Waals surface area (Å²) in [6.07, 6.45) is 1.15. The van der Waals surface area contributed by atoms with Crippen molar-refractivity contribution in [3.05, 3.63) is 63.6 Å². The first-order valence-corrected chi connectivity index (χ1v) is 10.1. The summed E-state index contributed by atoms with van der Waals surface area (Å²) in [7, 11) is 0. The topological polar surface area (TPSA) is 78.9 Å². The number of rotatable bonds is 5. The van der Waals surface area contributed by atoms with Gasteiger partial charge in [0.15, 0.2) is 0 Å². The van der Waals surface area contributed by atoms with Gasteiger partial charge in [0.2, 0.25) is 0 Å². The second-order valence-corrected chi connectivity index (χ2v) is 8.15. The first-order valence-electron chi connectivity index (χ1n) is 9.39. The molecule has 1 aliphatic heterocycles. The van der Waals surface area contributed by atoms with E-state index < -0.39 is 17.7 Å². The fourth-order valence-electron chi connectivity index (χ4n) is 4.02. The van der Waals surface area contributed by atoms with Crippen LogP contribution in [0.2, 0.25) is 10.0 Å². The summed E-state index contributed by atoms with van der Waals surface area (Å²) in [5.41, 5.74) is 0.854. The van der Waals surface area contributed by atoms with Crippen molar-refractivity contribution in [3.63, 3.8) is 0 Å². The fourth-order valence-corrected chi connectivity index (χ4v) is 4.48. The molecular weight excluding hydrogens is 415 g/mol. The van der Waals surface area contributed by atoms with E-state index in [1.165, 1.54) is 6.07 Å². The summed E-state index contributed by atoms with van der Waals surface area (Å²) in [6, 6.07) is 11.9. The summed E-state index contributed by atoms with van der Waals surface area (Å²) in [6.45, 7) is -0.290. The average Bonchev–Trinajstić information content (AvgIpc) is 2.92. The molecule has 2 N–H and O–H groups in total. The van der Waals surface area contributed by atoms with Gasteiger partial charge in [-0.05, 0) is 48.6 Å². The predicted octanol–water partition coefficient (Wildman–Crippen LogP) is 3.52. The summed E-state index contributed by atoms with van der Waals surface area (Å²) >= 11 is 11.9. The number of aryl methyl sites for hydroxylation is 1. The highest BCUT2D eigenvalue weighted by molar-refractivity contribution is 6.35. The van der Waals surface area contributed by atoms with Crippen LogP contribution in [-0.2, 0) is 16.8 Å². The van der Waals surface area contributed by atoms with Crippen LogP contribution in [0.4, 0.5) is 4.79 Å². The van der Waals surface area contributed by atoms with Gasteiger partial charge in [0, 0.05) is 5.02 Å². The van der Waals surface area contributed by atoms with Crippen LogP contribution in [0.15, 0.2) is 42.5 Å². The molecule has 0 unspecified atom stereocenters. The Kier molecular flexibility index (Phi) is 5.42. The number of carbonyl (C=O) groups excluding carboxylic acids is 2. The van der Waals surface area contributed by atoms with Gasteiger partial charge < -0.3 is 15.2 Å². The van der Waals surface area contributed by atoms with E-state index in [4.69, 9.17) is 27.9 Å². The van der Waals surface area contributed by atoms with Gasteiger partial charge in [-0.3, -0.25) is 9.69 Å². The number of amides is 3. The molecule has 1 aliphatic carbocycles. The highest BCUT2D eigenvalue weighted by atomic mass is 35.5. The third kappa shape index (κ3) is 3.68. The minimum Gasteiger partial charge on any atom is -0.489 e. The molecule has 2 aromatic carbocycles. The maximum Gasteiger partial charge on any atom is 0.325 e. The third-order valence-electron chi connectivity index (χ3n) is 5.37. The molecule has 2 atom stereocenters. The number of fused-ring (bicyclic) bond motifs is 2. The lowest BCUT2D eigenvalue weighted by atomic mass is 9.76. The van der Waals surface area contributed by atoms with Gasteiger partial charge in [-0.1, -0.05) is 47.5 Å². The van der Waals surface area contributed by atoms with Crippen molar-refractivity contribution in [2.75, 3.05) is 13.2 Å². The van der Waals surface area contributed by atoms with Gasteiger partial charge in [0.05, 0.1) is 11.6 Å². The molecule has 4 rings (SSSR count). The van der Waals surface area contributed by atoms with Crippen molar-refractivity contribution in [1.82, 2.24) is 10.2 Å². The number of aliphatic hydroxyl groups excluding tert-OH is 1. The summed E-state index contributed by atoms with van der Waals surface area (Å²) < 4.78 is 5.52. The zero-order chi connectivity index (χ0) is 20.6. The maximum atomic E-state index is 13.2. The molecule has 0 bridgehead atoms. The number of carbonyl (C=O) groups is 2. The van der Waals surface area contributed by atoms with Crippen LogP contribution in [0.3, 0.4) is 0 Å². The molecule has 0 saturated carbocycles. The van der Waals surface area contributed by atoms with Crippen molar-refractivity contribution in [2.45, 2.75) is 30.9 Å². The van der Waals surface area contributed by atoms with E-state index in [0.717, 1.165) is 28.9 Å². The summed E-state index contributed by atoms with van der Waals surface area (Å²) in [5, 5.41) is 14.0. The van der Waals surface area contributed by atoms with Crippen molar-refractivity contribution in [1.29, 1.82) is 0 Å². The van der Waals surface area contributed by atoms with E-state index in [1.807, 2.05) is 24.3 Å². The molecule has 2 aliphatic rings. The minimum absolute atomic E-state index is 0.123. The maximum absolute atomic E-state index is 13.2. The average molecular weight is 435 g/mol. The predicted molar refractivity (Wildman–Crippen MR) is 109 cm³/mol. The molecule has 3 amide bonds. The lowest BCUT2D eigenvalue weighted by Gasteiger charge is -2.33. The number of nitrogens with one attached hydrogen (secondary N) is 1. The molecule has 0 aromatic heterocycles. The Bertz CT molecular complexity index is 967. The van der Waals surface area contributed by atoms with Crippen LogP contribution < -0.4 is 10.1 Å². The van der Waals surface area contributed by atoms with Crippen molar-refractivity contribution < 1.29 is 19.4 Å². The smallest absolute Gasteiger partial charge is 0.325 e. The normalized spacial score (nSPS) is 21.8. The molecular formula is C21H20Cl2N2O4. The minimum atomic E-state index is -1.06. The van der Waals surface area contributed by atoms with Crippen LogP contribution in [0.25, 0.3) is 0 Å². The fraction of sp³-hybridized carbons (Fsp3) is 0.333. The van der Waals surface area contributed by atoms with Crippen LogP contribution >= 0.6 is 23.2 Å². The van der Waals surface area contributed by atoms with Crippen molar-refractivity contribution in [2.24, 2.45) is 0 Å². The Balaban J connectivity index is 1.46. The Morgan fingerprint density at radius 3 is 2.79 bits per heavy atom. The van der Waals surface area contributed by atoms with Gasteiger partial charge in [0.1, 0.15) is 24.0 Å². The first-order chi connectivity index (χ1) is 13.9. The van der Waals surface area contributed by atoms with E-state index in [1.54, 1.807) is 12.1 Å². The van der Waals surface area contributed by atoms with Crippen LogP contribution in [0.5, 0.6) is 5.75 Å². The number of imide groups is 1. The molecule has 6 nitrogen and oxygen atoms in total. The second-order valence-electron chi connectivity index (χ2n) is 7.30. The van der Waals surface area contributed by atoms with Gasteiger partial charge in [-0.15, -0.1) is 0 Å². The van der Waals surface area contributed by atoms with Crippen molar-refractivity contribution in [3.8, 4) is 5.75 Å². The molecule has 0 radical (unpaired) electrons. The Labute approximate surface area is 178 Å². The van der Waals surface area contributed by atoms with E-state index >= 15 is 0 Å². The zero-order valence-corrected chi connectivity index (χ0v) is 17.0. The lowest BCUT2D eigenvalue weighted by Crippen LogP contribution is -2.47. The molecule has 1 fully saturated rings. The van der Waals surface area contributed by atoms with Gasteiger partial charge in [-0.25, -0.2) is 4.79 Å². The standard InChI is InChI=1S/C21H20Cl2N2O4/c22-14-7-8-18(17(23)10-14)29-12-15(26)11-25-19(27)21(24-20(25)28)9-3-5-13-4-1-2-6-16(13)21/h1-2,4,6-8,10,15,26H,3,5,9,11-12H2,(H,24,28)/t15-,21+/m1/s1. The molecule has 1 saturated heterocycles. The highest BCUT2D eigenvalue weighted by Gasteiger charge is 2.54. The third-order valence-corrected chi connectivity index (χ3v) is 5.90. The van der Waals surface area contributed by atoms with Gasteiger partial charge >= 0.3 is 6.03 Å². The number of urea groups is 1. The molecule has 1 heterocycles. The van der Waals surface area contributed by atoms with E-state index in [2.05, 4.69) is 5.32 Å². The number of benzene rings is 2. The summed E-state index contributed by atoms with van der Waals surface area (Å²) in [4.78, 5) is 26.9. The largest absolute Gasteiger partial charge is 0.489 e.